The number of hydrogen-bond acceptors (Lipinski definition) is 3. The molecular formula is C13H16O3. The summed E-state index contributed by atoms with van der Waals surface area (Å²) in [6, 6.07) is 3.52. The second kappa shape index (κ2) is 4.84. The number of aryl methyl sites for hydroxylation is 1. The van der Waals surface area contributed by atoms with Crippen molar-refractivity contribution in [1.29, 1.82) is 0 Å². The number of allylic oxidation sites excluding steroid dienone is 1. The largest absolute Gasteiger partial charge is 0.507 e. The summed E-state index contributed by atoms with van der Waals surface area (Å²) in [5.41, 5.74) is 2.20. The fourth-order valence-corrected chi connectivity index (χ4v) is 1.46. The van der Waals surface area contributed by atoms with Gasteiger partial charge >= 0.3 is 5.97 Å². The molecule has 0 aliphatic heterocycles. The van der Waals surface area contributed by atoms with Gasteiger partial charge in [-0.25, -0.2) is 4.79 Å². The third-order valence-electron chi connectivity index (χ3n) is 2.32. The first-order chi connectivity index (χ1) is 7.49. The zero-order chi connectivity index (χ0) is 12.3. The van der Waals surface area contributed by atoms with E-state index in [4.69, 9.17) is 4.74 Å². The van der Waals surface area contributed by atoms with Crippen molar-refractivity contribution in [3.63, 3.8) is 0 Å². The number of esters is 1. The lowest BCUT2D eigenvalue weighted by Gasteiger charge is -2.12. The van der Waals surface area contributed by atoms with E-state index in [1.54, 1.807) is 32.9 Å². The maximum atomic E-state index is 11.7. The minimum Gasteiger partial charge on any atom is -0.507 e. The van der Waals surface area contributed by atoms with Crippen LogP contribution in [0.2, 0.25) is 0 Å². The number of hydrogen-bond donors (Lipinski definition) is 1. The second-order valence-corrected chi connectivity index (χ2v) is 3.65. The average Bonchev–Trinajstić information content (AvgIpc) is 2.21. The van der Waals surface area contributed by atoms with E-state index in [1.807, 2.05) is 0 Å². The van der Waals surface area contributed by atoms with Gasteiger partial charge in [-0.3, -0.25) is 0 Å². The standard InChI is InChI=1S/C13H16O3/c1-5-16-13(15)11-10(8(2)3)7-6-9(4)12(11)14/h6-7,14H,2,5H2,1,3-4H3. The zero-order valence-electron chi connectivity index (χ0n) is 9.83. The first-order valence-electron chi connectivity index (χ1n) is 5.14. The van der Waals surface area contributed by atoms with Gasteiger partial charge in [0.1, 0.15) is 11.3 Å². The van der Waals surface area contributed by atoms with E-state index >= 15 is 0 Å². The molecule has 0 amide bonds. The summed E-state index contributed by atoms with van der Waals surface area (Å²) in [5.74, 6) is -0.541. The van der Waals surface area contributed by atoms with Gasteiger partial charge in [0.15, 0.2) is 0 Å². The van der Waals surface area contributed by atoms with Crippen molar-refractivity contribution in [1.82, 2.24) is 0 Å². The van der Waals surface area contributed by atoms with Crippen LogP contribution in [-0.4, -0.2) is 17.7 Å². The number of rotatable bonds is 3. The molecule has 86 valence electrons. The summed E-state index contributed by atoms with van der Waals surface area (Å²) >= 11 is 0. The number of aromatic hydroxyl groups is 1. The van der Waals surface area contributed by atoms with E-state index in [9.17, 15) is 9.90 Å². The highest BCUT2D eigenvalue weighted by Crippen LogP contribution is 2.29. The summed E-state index contributed by atoms with van der Waals surface area (Å²) in [6.45, 7) is 9.31. The summed E-state index contributed by atoms with van der Waals surface area (Å²) in [5, 5.41) is 9.88. The smallest absolute Gasteiger partial charge is 0.342 e. The molecule has 0 aliphatic rings. The number of phenolic OH excluding ortho intramolecular Hbond substituents is 1. The minimum absolute atomic E-state index is 0.0287. The van der Waals surface area contributed by atoms with E-state index in [-0.39, 0.29) is 17.9 Å². The second-order valence-electron chi connectivity index (χ2n) is 3.65. The Labute approximate surface area is 95.4 Å². The van der Waals surface area contributed by atoms with Gasteiger partial charge in [0, 0.05) is 0 Å². The Kier molecular flexibility index (Phi) is 3.72. The molecule has 0 fully saturated rings. The quantitative estimate of drug-likeness (QED) is 0.797. The highest BCUT2D eigenvalue weighted by molar-refractivity contribution is 5.98. The third-order valence-corrected chi connectivity index (χ3v) is 2.32. The fraction of sp³-hybridized carbons (Fsp3) is 0.308. The highest BCUT2D eigenvalue weighted by Gasteiger charge is 2.19. The van der Waals surface area contributed by atoms with Crippen LogP contribution in [0.4, 0.5) is 0 Å². The van der Waals surface area contributed by atoms with Crippen molar-refractivity contribution in [2.24, 2.45) is 0 Å². The molecule has 3 nitrogen and oxygen atoms in total. The predicted molar refractivity (Wildman–Crippen MR) is 63.5 cm³/mol. The van der Waals surface area contributed by atoms with E-state index < -0.39 is 5.97 Å². The van der Waals surface area contributed by atoms with E-state index in [0.29, 0.717) is 11.1 Å². The van der Waals surface area contributed by atoms with Gasteiger partial charge in [-0.1, -0.05) is 24.3 Å². The summed E-state index contributed by atoms with van der Waals surface area (Å²) < 4.78 is 4.91. The van der Waals surface area contributed by atoms with Gasteiger partial charge in [0.2, 0.25) is 0 Å². The van der Waals surface area contributed by atoms with Gasteiger partial charge in [0.25, 0.3) is 0 Å². The summed E-state index contributed by atoms with van der Waals surface area (Å²) in [6.07, 6.45) is 0. The van der Waals surface area contributed by atoms with Crippen molar-refractivity contribution in [2.75, 3.05) is 6.61 Å². The van der Waals surface area contributed by atoms with Crippen LogP contribution in [0, 0.1) is 6.92 Å². The van der Waals surface area contributed by atoms with Crippen LogP contribution in [0.1, 0.15) is 35.3 Å². The number of carbonyl (C=O) groups excluding carboxylic acids is 1. The first-order valence-corrected chi connectivity index (χ1v) is 5.14. The van der Waals surface area contributed by atoms with Crippen LogP contribution in [0.25, 0.3) is 5.57 Å². The Morgan fingerprint density at radius 1 is 1.50 bits per heavy atom. The topological polar surface area (TPSA) is 46.5 Å². The van der Waals surface area contributed by atoms with Crippen molar-refractivity contribution in [3.05, 3.63) is 35.4 Å². The number of carbonyl (C=O) groups is 1. The van der Waals surface area contributed by atoms with Gasteiger partial charge in [-0.2, -0.15) is 0 Å². The molecule has 0 spiro atoms. The molecule has 0 heterocycles. The van der Waals surface area contributed by atoms with Crippen LogP contribution >= 0.6 is 0 Å². The summed E-state index contributed by atoms with van der Waals surface area (Å²) in [4.78, 5) is 11.7. The maximum absolute atomic E-state index is 11.7. The molecule has 0 aromatic heterocycles. The Bertz CT molecular complexity index is 433. The average molecular weight is 220 g/mol. The van der Waals surface area contributed by atoms with Crippen molar-refractivity contribution in [3.8, 4) is 5.75 Å². The molecule has 1 aromatic rings. The van der Waals surface area contributed by atoms with Gasteiger partial charge < -0.3 is 9.84 Å². The molecule has 3 heteroatoms. The van der Waals surface area contributed by atoms with Crippen LogP contribution in [0.5, 0.6) is 5.75 Å². The van der Waals surface area contributed by atoms with E-state index in [0.717, 1.165) is 5.57 Å². The monoisotopic (exact) mass is 220 g/mol. The zero-order valence-corrected chi connectivity index (χ0v) is 9.83. The Balaban J connectivity index is 3.37. The minimum atomic E-state index is -0.512. The van der Waals surface area contributed by atoms with Crippen LogP contribution < -0.4 is 0 Å². The fourth-order valence-electron chi connectivity index (χ4n) is 1.46. The molecule has 0 saturated carbocycles. The lowest BCUT2D eigenvalue weighted by molar-refractivity contribution is 0.0522. The SMILES string of the molecule is C=C(C)c1ccc(C)c(O)c1C(=O)OCC. The van der Waals surface area contributed by atoms with Gasteiger partial charge in [-0.15, -0.1) is 0 Å². The molecule has 0 radical (unpaired) electrons. The van der Waals surface area contributed by atoms with Gasteiger partial charge in [0.05, 0.1) is 6.61 Å². The lowest BCUT2D eigenvalue weighted by Crippen LogP contribution is -2.08. The molecule has 0 bridgehead atoms. The molecular weight excluding hydrogens is 204 g/mol. The van der Waals surface area contributed by atoms with Crippen molar-refractivity contribution < 1.29 is 14.6 Å². The Morgan fingerprint density at radius 3 is 2.62 bits per heavy atom. The van der Waals surface area contributed by atoms with E-state index in [2.05, 4.69) is 6.58 Å². The van der Waals surface area contributed by atoms with Gasteiger partial charge in [-0.05, 0) is 31.9 Å². The molecule has 0 unspecified atom stereocenters. The molecule has 0 aliphatic carbocycles. The molecule has 0 atom stereocenters. The first kappa shape index (κ1) is 12.3. The molecule has 1 N–H and O–H groups in total. The van der Waals surface area contributed by atoms with E-state index in [1.165, 1.54) is 0 Å². The van der Waals surface area contributed by atoms with Crippen LogP contribution in [0.3, 0.4) is 0 Å². The van der Waals surface area contributed by atoms with Crippen molar-refractivity contribution in [2.45, 2.75) is 20.8 Å². The molecule has 1 rings (SSSR count). The van der Waals surface area contributed by atoms with Crippen LogP contribution in [0.15, 0.2) is 18.7 Å². The predicted octanol–water partition coefficient (Wildman–Crippen LogP) is 2.91. The number of ether oxygens (including phenoxy) is 1. The van der Waals surface area contributed by atoms with Crippen LogP contribution in [-0.2, 0) is 4.74 Å². The number of benzene rings is 1. The number of phenols is 1. The molecule has 16 heavy (non-hydrogen) atoms. The summed E-state index contributed by atoms with van der Waals surface area (Å²) in [7, 11) is 0. The Morgan fingerprint density at radius 2 is 2.12 bits per heavy atom. The molecule has 1 aromatic carbocycles. The molecule has 0 saturated heterocycles. The lowest BCUT2D eigenvalue weighted by atomic mass is 9.98. The maximum Gasteiger partial charge on any atom is 0.342 e. The highest BCUT2D eigenvalue weighted by atomic mass is 16.5. The normalized spacial score (nSPS) is 9.94. The third kappa shape index (κ3) is 2.24. The van der Waals surface area contributed by atoms with Crippen molar-refractivity contribution >= 4 is 11.5 Å². The Hall–Kier alpha value is -1.77.